The van der Waals surface area contributed by atoms with Crippen molar-refractivity contribution in [2.45, 2.75) is 18.4 Å². The summed E-state index contributed by atoms with van der Waals surface area (Å²) in [5.41, 5.74) is 2.08. The van der Waals surface area contributed by atoms with Crippen LogP contribution in [0.5, 0.6) is 0 Å². The van der Waals surface area contributed by atoms with E-state index >= 15 is 0 Å². The summed E-state index contributed by atoms with van der Waals surface area (Å²) >= 11 is 0. The van der Waals surface area contributed by atoms with Gasteiger partial charge in [-0.25, -0.2) is 22.5 Å². The molecule has 2 aromatic carbocycles. The van der Waals surface area contributed by atoms with E-state index in [0.29, 0.717) is 16.7 Å². The summed E-state index contributed by atoms with van der Waals surface area (Å²) in [4.78, 5) is 16.7. The van der Waals surface area contributed by atoms with Crippen molar-refractivity contribution in [3.63, 3.8) is 0 Å². The Morgan fingerprint density at radius 1 is 1.19 bits per heavy atom. The molecule has 0 fully saturated rings. The fraction of sp³-hybridized carbons (Fsp3) is 0.222. The van der Waals surface area contributed by atoms with Crippen LogP contribution in [0.4, 0.5) is 0 Å². The van der Waals surface area contributed by atoms with E-state index in [0.717, 1.165) is 4.31 Å². The first-order valence-corrected chi connectivity index (χ1v) is 9.28. The number of nitrogens with zero attached hydrogens (tertiary/aromatic N) is 2. The first kappa shape index (κ1) is 18.1. The van der Waals surface area contributed by atoms with Gasteiger partial charge in [-0.05, 0) is 36.8 Å². The Kier molecular flexibility index (Phi) is 4.80. The molecular weight excluding hydrogens is 356 g/mol. The monoisotopic (exact) mass is 374 g/mol. The number of carbonyl (C=O) groups excluding carboxylic acids is 1. The molecule has 0 aliphatic carbocycles. The Morgan fingerprint density at radius 2 is 1.92 bits per heavy atom. The van der Waals surface area contributed by atoms with Crippen LogP contribution in [-0.2, 0) is 21.4 Å². The summed E-state index contributed by atoms with van der Waals surface area (Å²) in [6, 6.07) is 11.6. The van der Waals surface area contributed by atoms with Gasteiger partial charge < -0.3 is 9.15 Å². The van der Waals surface area contributed by atoms with Crippen molar-refractivity contribution in [2.75, 3.05) is 14.1 Å². The third-order valence-electron chi connectivity index (χ3n) is 3.87. The van der Waals surface area contributed by atoms with E-state index in [9.17, 15) is 13.2 Å². The van der Waals surface area contributed by atoms with Gasteiger partial charge in [0.1, 0.15) is 5.52 Å². The van der Waals surface area contributed by atoms with Gasteiger partial charge in [-0.1, -0.05) is 18.2 Å². The van der Waals surface area contributed by atoms with Crippen LogP contribution in [0.1, 0.15) is 21.8 Å². The first-order valence-electron chi connectivity index (χ1n) is 7.84. The largest absolute Gasteiger partial charge is 0.452 e. The SMILES string of the molecule is Cc1ccc(S(=O)(=O)N(C)C)cc1C(=O)OCc1nc2ccccc2o1. The van der Waals surface area contributed by atoms with Gasteiger partial charge in [0.25, 0.3) is 0 Å². The minimum absolute atomic E-state index is 0.0295. The topological polar surface area (TPSA) is 89.7 Å². The summed E-state index contributed by atoms with van der Waals surface area (Å²) in [7, 11) is -0.777. The highest BCUT2D eigenvalue weighted by atomic mass is 32.2. The maximum absolute atomic E-state index is 12.4. The molecule has 8 heteroatoms. The summed E-state index contributed by atoms with van der Waals surface area (Å²) in [6.45, 7) is 1.57. The summed E-state index contributed by atoms with van der Waals surface area (Å²) in [6.07, 6.45) is 0. The second kappa shape index (κ2) is 6.89. The van der Waals surface area contributed by atoms with Gasteiger partial charge in [0.05, 0.1) is 10.5 Å². The second-order valence-electron chi connectivity index (χ2n) is 5.92. The highest BCUT2D eigenvalue weighted by Gasteiger charge is 2.21. The molecule has 1 heterocycles. The van der Waals surface area contributed by atoms with Crippen molar-refractivity contribution in [1.29, 1.82) is 0 Å². The van der Waals surface area contributed by atoms with E-state index in [1.807, 2.05) is 12.1 Å². The van der Waals surface area contributed by atoms with Crippen LogP contribution in [-0.4, -0.2) is 37.8 Å². The molecule has 3 aromatic rings. The van der Waals surface area contributed by atoms with Gasteiger partial charge in [-0.2, -0.15) is 0 Å². The summed E-state index contributed by atoms with van der Waals surface area (Å²) in [5, 5.41) is 0. The lowest BCUT2D eigenvalue weighted by atomic mass is 10.1. The van der Waals surface area contributed by atoms with E-state index in [1.165, 1.54) is 26.2 Å². The van der Waals surface area contributed by atoms with E-state index in [1.54, 1.807) is 25.1 Å². The number of hydrogen-bond donors (Lipinski definition) is 0. The van der Waals surface area contributed by atoms with Gasteiger partial charge in [0.15, 0.2) is 12.2 Å². The van der Waals surface area contributed by atoms with Crippen molar-refractivity contribution in [3.05, 3.63) is 59.5 Å². The molecule has 0 N–H and O–H groups in total. The predicted molar refractivity (Wildman–Crippen MR) is 95.2 cm³/mol. The zero-order chi connectivity index (χ0) is 18.9. The number of oxazole rings is 1. The van der Waals surface area contributed by atoms with Crippen molar-refractivity contribution >= 4 is 27.1 Å². The van der Waals surface area contributed by atoms with Crippen molar-refractivity contribution in [1.82, 2.24) is 9.29 Å². The Balaban J connectivity index is 1.81. The minimum Gasteiger partial charge on any atom is -0.452 e. The third-order valence-corrected chi connectivity index (χ3v) is 5.68. The lowest BCUT2D eigenvalue weighted by Gasteiger charge is -2.13. The van der Waals surface area contributed by atoms with Crippen LogP contribution in [0.2, 0.25) is 0 Å². The minimum atomic E-state index is -3.64. The predicted octanol–water partition coefficient (Wildman–Crippen LogP) is 2.74. The number of para-hydroxylation sites is 2. The normalized spacial score (nSPS) is 11.8. The molecule has 0 aliphatic rings. The van der Waals surface area contributed by atoms with Gasteiger partial charge in [-0.15, -0.1) is 0 Å². The number of hydrogen-bond acceptors (Lipinski definition) is 6. The highest BCUT2D eigenvalue weighted by Crippen LogP contribution is 2.20. The number of ether oxygens (including phenoxy) is 1. The molecule has 0 amide bonds. The van der Waals surface area contributed by atoms with E-state index in [2.05, 4.69) is 4.98 Å². The molecule has 3 rings (SSSR count). The molecule has 0 radical (unpaired) electrons. The second-order valence-corrected chi connectivity index (χ2v) is 8.07. The molecule has 26 heavy (non-hydrogen) atoms. The number of fused-ring (bicyclic) bond motifs is 1. The molecule has 0 unspecified atom stereocenters. The van der Waals surface area contributed by atoms with E-state index in [4.69, 9.17) is 9.15 Å². The van der Waals surface area contributed by atoms with Crippen LogP contribution in [0, 0.1) is 6.92 Å². The smallest absolute Gasteiger partial charge is 0.338 e. The van der Waals surface area contributed by atoms with Gasteiger partial charge in [0.2, 0.25) is 15.9 Å². The number of benzene rings is 2. The molecule has 0 bridgehead atoms. The van der Waals surface area contributed by atoms with Gasteiger partial charge in [-0.3, -0.25) is 0 Å². The number of rotatable bonds is 5. The Hall–Kier alpha value is -2.71. The van der Waals surface area contributed by atoms with Crippen LogP contribution in [0.25, 0.3) is 11.1 Å². The molecule has 136 valence electrons. The summed E-state index contributed by atoms with van der Waals surface area (Å²) < 4.78 is 36.3. The average Bonchev–Trinajstić information content (AvgIpc) is 3.02. The summed E-state index contributed by atoms with van der Waals surface area (Å²) in [5.74, 6) is -0.366. The highest BCUT2D eigenvalue weighted by molar-refractivity contribution is 7.89. The lowest BCUT2D eigenvalue weighted by Crippen LogP contribution is -2.22. The number of aromatic nitrogens is 1. The zero-order valence-electron chi connectivity index (χ0n) is 14.6. The number of carbonyl (C=O) groups is 1. The molecule has 0 aliphatic heterocycles. The number of sulfonamides is 1. The number of esters is 1. The quantitative estimate of drug-likeness (QED) is 0.638. The van der Waals surface area contributed by atoms with Crippen LogP contribution >= 0.6 is 0 Å². The standard InChI is InChI=1S/C18H18N2O5S/c1-12-8-9-13(26(22,23)20(2)3)10-14(12)18(21)24-11-17-19-15-6-4-5-7-16(15)25-17/h4-10H,11H2,1-3H3. The van der Waals surface area contributed by atoms with Crippen molar-refractivity contribution < 1.29 is 22.4 Å². The molecular formula is C18H18N2O5S. The molecule has 0 saturated carbocycles. The van der Waals surface area contributed by atoms with Gasteiger partial charge >= 0.3 is 5.97 Å². The van der Waals surface area contributed by atoms with Gasteiger partial charge in [0, 0.05) is 14.1 Å². The fourth-order valence-electron chi connectivity index (χ4n) is 2.38. The zero-order valence-corrected chi connectivity index (χ0v) is 15.4. The maximum Gasteiger partial charge on any atom is 0.338 e. The van der Waals surface area contributed by atoms with E-state index < -0.39 is 16.0 Å². The lowest BCUT2D eigenvalue weighted by molar-refractivity contribution is 0.0439. The molecule has 7 nitrogen and oxygen atoms in total. The molecule has 0 atom stereocenters. The van der Waals surface area contributed by atoms with Crippen molar-refractivity contribution in [3.8, 4) is 0 Å². The third kappa shape index (κ3) is 3.47. The fourth-order valence-corrected chi connectivity index (χ4v) is 3.31. The van der Waals surface area contributed by atoms with E-state index in [-0.39, 0.29) is 23.0 Å². The molecule has 0 saturated heterocycles. The Morgan fingerprint density at radius 3 is 2.62 bits per heavy atom. The molecule has 0 spiro atoms. The maximum atomic E-state index is 12.4. The Bertz CT molecular complexity index is 1040. The van der Waals surface area contributed by atoms with Crippen molar-refractivity contribution in [2.24, 2.45) is 0 Å². The van der Waals surface area contributed by atoms with Crippen LogP contribution < -0.4 is 0 Å². The Labute approximate surface area is 151 Å². The van der Waals surface area contributed by atoms with Crippen LogP contribution in [0.15, 0.2) is 51.8 Å². The number of aryl methyl sites for hydroxylation is 1. The average molecular weight is 374 g/mol. The first-order chi connectivity index (χ1) is 12.3. The molecule has 1 aromatic heterocycles. The van der Waals surface area contributed by atoms with Crippen LogP contribution in [0.3, 0.4) is 0 Å².